The summed E-state index contributed by atoms with van der Waals surface area (Å²) in [4.78, 5) is 8.71. The molecule has 0 saturated carbocycles. The van der Waals surface area contributed by atoms with E-state index < -0.39 is 0 Å². The van der Waals surface area contributed by atoms with E-state index in [1.165, 1.54) is 0 Å². The van der Waals surface area contributed by atoms with Crippen LogP contribution in [0.25, 0.3) is 11.0 Å². The van der Waals surface area contributed by atoms with Crippen LogP contribution in [0.2, 0.25) is 5.02 Å². The molecule has 0 aliphatic rings. The van der Waals surface area contributed by atoms with Crippen LogP contribution >= 0.6 is 11.6 Å². The van der Waals surface area contributed by atoms with E-state index in [1.807, 2.05) is 34.9 Å². The number of nitrogens with zero attached hydrogens (tertiary/aromatic N) is 3. The fourth-order valence-electron chi connectivity index (χ4n) is 2.70. The number of hydrogen-bond donors (Lipinski definition) is 2. The lowest BCUT2D eigenvalue weighted by Gasteiger charge is -2.08. The molecular weight excluding hydrogens is 350 g/mol. The summed E-state index contributed by atoms with van der Waals surface area (Å²) in [5.41, 5.74) is 15.3. The van der Waals surface area contributed by atoms with E-state index in [9.17, 15) is 0 Å². The number of nitrogen functional groups attached to an aromatic ring is 2. The van der Waals surface area contributed by atoms with Crippen molar-refractivity contribution in [2.75, 3.05) is 11.5 Å². The number of benzene rings is 2. The molecule has 0 spiro atoms. The van der Waals surface area contributed by atoms with Crippen molar-refractivity contribution >= 4 is 34.3 Å². The van der Waals surface area contributed by atoms with E-state index in [-0.39, 0.29) is 0 Å². The Morgan fingerprint density at radius 2 is 1.81 bits per heavy atom. The van der Waals surface area contributed by atoms with Crippen molar-refractivity contribution in [1.82, 2.24) is 14.5 Å². The maximum absolute atomic E-state index is 6.05. The standard InChI is InChI=1S/C19H16ClN5O/c20-13-2-5-15(6-3-13)26-18-8-1-12(10-23-18)11-25-17-9-14(21)4-7-16(17)24-19(25)22/h1-10H,11,21H2,(H2,22,24). The van der Waals surface area contributed by atoms with Crippen LogP contribution in [0.4, 0.5) is 11.6 Å². The molecule has 4 N–H and O–H groups in total. The first kappa shape index (κ1) is 16.2. The van der Waals surface area contributed by atoms with Gasteiger partial charge in [0.1, 0.15) is 5.75 Å². The highest BCUT2D eigenvalue weighted by Crippen LogP contribution is 2.24. The number of pyridine rings is 1. The average molecular weight is 366 g/mol. The van der Waals surface area contributed by atoms with Crippen LogP contribution in [-0.2, 0) is 6.54 Å². The van der Waals surface area contributed by atoms with Gasteiger partial charge in [-0.3, -0.25) is 0 Å². The van der Waals surface area contributed by atoms with E-state index in [0.717, 1.165) is 16.6 Å². The molecule has 0 unspecified atom stereocenters. The molecule has 7 heteroatoms. The third kappa shape index (κ3) is 3.27. The lowest BCUT2D eigenvalue weighted by molar-refractivity contribution is 0.462. The molecule has 4 rings (SSSR count). The third-order valence-electron chi connectivity index (χ3n) is 3.98. The maximum atomic E-state index is 6.05. The second kappa shape index (κ2) is 6.57. The van der Waals surface area contributed by atoms with Gasteiger partial charge in [0, 0.05) is 23.0 Å². The van der Waals surface area contributed by atoms with Gasteiger partial charge in [-0.2, -0.15) is 0 Å². The molecule has 0 fully saturated rings. The minimum absolute atomic E-state index is 0.437. The average Bonchev–Trinajstić information content (AvgIpc) is 2.94. The molecule has 6 nitrogen and oxygen atoms in total. The van der Waals surface area contributed by atoms with E-state index in [4.69, 9.17) is 27.8 Å². The summed E-state index contributed by atoms with van der Waals surface area (Å²) < 4.78 is 7.61. The first-order valence-electron chi connectivity index (χ1n) is 7.98. The summed E-state index contributed by atoms with van der Waals surface area (Å²) in [5, 5.41) is 0.659. The van der Waals surface area contributed by atoms with E-state index in [1.54, 1.807) is 30.5 Å². The van der Waals surface area contributed by atoms with Crippen LogP contribution in [0.15, 0.2) is 60.8 Å². The Morgan fingerprint density at radius 3 is 2.54 bits per heavy atom. The maximum Gasteiger partial charge on any atom is 0.219 e. The van der Waals surface area contributed by atoms with Gasteiger partial charge in [-0.15, -0.1) is 0 Å². The summed E-state index contributed by atoms with van der Waals surface area (Å²) in [5.74, 6) is 1.62. The van der Waals surface area contributed by atoms with Crippen molar-refractivity contribution in [3.63, 3.8) is 0 Å². The topological polar surface area (TPSA) is 92.0 Å². The first-order valence-corrected chi connectivity index (χ1v) is 8.36. The van der Waals surface area contributed by atoms with E-state index in [0.29, 0.717) is 34.8 Å². The van der Waals surface area contributed by atoms with Gasteiger partial charge in [-0.25, -0.2) is 9.97 Å². The van der Waals surface area contributed by atoms with E-state index in [2.05, 4.69) is 9.97 Å². The lowest BCUT2D eigenvalue weighted by Crippen LogP contribution is -2.05. The van der Waals surface area contributed by atoms with Crippen molar-refractivity contribution in [3.8, 4) is 11.6 Å². The molecule has 0 saturated heterocycles. The monoisotopic (exact) mass is 365 g/mol. The van der Waals surface area contributed by atoms with Gasteiger partial charge in [-0.05, 0) is 48.0 Å². The van der Waals surface area contributed by atoms with Gasteiger partial charge < -0.3 is 20.8 Å². The van der Waals surface area contributed by atoms with Crippen molar-refractivity contribution in [2.45, 2.75) is 6.54 Å². The highest BCUT2D eigenvalue weighted by Gasteiger charge is 2.09. The quantitative estimate of drug-likeness (QED) is 0.531. The van der Waals surface area contributed by atoms with Gasteiger partial charge in [-0.1, -0.05) is 17.7 Å². The zero-order valence-corrected chi connectivity index (χ0v) is 14.5. The van der Waals surface area contributed by atoms with Crippen molar-refractivity contribution < 1.29 is 4.74 Å². The third-order valence-corrected chi connectivity index (χ3v) is 4.23. The van der Waals surface area contributed by atoms with Gasteiger partial charge in [0.05, 0.1) is 17.6 Å². The zero-order chi connectivity index (χ0) is 18.1. The Balaban J connectivity index is 1.55. The van der Waals surface area contributed by atoms with Crippen LogP contribution in [-0.4, -0.2) is 14.5 Å². The number of anilines is 2. The SMILES string of the molecule is Nc1ccc2nc(N)n(Cc3ccc(Oc4ccc(Cl)cc4)nc3)c2c1. The van der Waals surface area contributed by atoms with Gasteiger partial charge >= 0.3 is 0 Å². The number of ether oxygens (including phenoxy) is 1. The predicted molar refractivity (Wildman–Crippen MR) is 103 cm³/mol. The summed E-state index contributed by atoms with van der Waals surface area (Å²) in [7, 11) is 0. The molecule has 0 amide bonds. The second-order valence-electron chi connectivity index (χ2n) is 5.86. The highest BCUT2D eigenvalue weighted by atomic mass is 35.5. The molecule has 2 aromatic heterocycles. The lowest BCUT2D eigenvalue weighted by atomic mass is 10.2. The van der Waals surface area contributed by atoms with Gasteiger partial charge in [0.2, 0.25) is 11.8 Å². The van der Waals surface area contributed by atoms with Crippen LogP contribution in [0.5, 0.6) is 11.6 Å². The summed E-state index contributed by atoms with van der Waals surface area (Å²) in [6.45, 7) is 0.542. The summed E-state index contributed by atoms with van der Waals surface area (Å²) >= 11 is 5.87. The molecule has 26 heavy (non-hydrogen) atoms. The molecule has 130 valence electrons. The fraction of sp³-hybridized carbons (Fsp3) is 0.0526. The Bertz CT molecular complexity index is 1060. The Morgan fingerprint density at radius 1 is 1.00 bits per heavy atom. The van der Waals surface area contributed by atoms with Crippen LogP contribution in [0.1, 0.15) is 5.56 Å². The largest absolute Gasteiger partial charge is 0.439 e. The number of halogens is 1. The van der Waals surface area contributed by atoms with E-state index >= 15 is 0 Å². The number of rotatable bonds is 4. The van der Waals surface area contributed by atoms with Crippen LogP contribution in [0.3, 0.4) is 0 Å². The summed E-state index contributed by atoms with van der Waals surface area (Å²) in [6, 6.07) is 16.4. The van der Waals surface area contributed by atoms with Crippen LogP contribution in [0, 0.1) is 0 Å². The fourth-order valence-corrected chi connectivity index (χ4v) is 2.82. The van der Waals surface area contributed by atoms with Gasteiger partial charge in [0.15, 0.2) is 0 Å². The number of imidazole rings is 1. The molecule has 0 bridgehead atoms. The highest BCUT2D eigenvalue weighted by molar-refractivity contribution is 6.30. The second-order valence-corrected chi connectivity index (χ2v) is 6.30. The minimum Gasteiger partial charge on any atom is -0.439 e. The van der Waals surface area contributed by atoms with Crippen molar-refractivity contribution in [3.05, 3.63) is 71.4 Å². The van der Waals surface area contributed by atoms with Crippen molar-refractivity contribution in [1.29, 1.82) is 0 Å². The molecule has 0 aliphatic carbocycles. The van der Waals surface area contributed by atoms with Gasteiger partial charge in [0.25, 0.3) is 0 Å². The summed E-state index contributed by atoms with van der Waals surface area (Å²) in [6.07, 6.45) is 1.75. The number of nitrogens with two attached hydrogens (primary N) is 2. The zero-order valence-electron chi connectivity index (χ0n) is 13.8. The molecule has 2 aromatic carbocycles. The number of hydrogen-bond acceptors (Lipinski definition) is 5. The predicted octanol–water partition coefficient (Wildman–Crippen LogP) is 4.09. The first-order chi connectivity index (χ1) is 12.6. The normalized spacial score (nSPS) is 11.0. The van der Waals surface area contributed by atoms with Crippen molar-refractivity contribution in [2.24, 2.45) is 0 Å². The Kier molecular flexibility index (Phi) is 4.10. The number of fused-ring (bicyclic) bond motifs is 1. The molecule has 0 aliphatic heterocycles. The Hall–Kier alpha value is -3.25. The van der Waals surface area contributed by atoms with Crippen LogP contribution < -0.4 is 16.2 Å². The molecule has 4 aromatic rings. The Labute approximate surface area is 155 Å². The smallest absolute Gasteiger partial charge is 0.219 e. The molecular formula is C19H16ClN5O. The molecule has 2 heterocycles. The number of aromatic nitrogens is 3. The molecule has 0 atom stereocenters. The molecule has 0 radical (unpaired) electrons. The minimum atomic E-state index is 0.437.